The molecule has 6 nitrogen and oxygen atoms in total. The molecule has 0 aliphatic heterocycles. The van der Waals surface area contributed by atoms with Gasteiger partial charge in [0.1, 0.15) is 5.75 Å². The van der Waals surface area contributed by atoms with Crippen LogP contribution in [0, 0.1) is 20.8 Å². The molecule has 0 spiro atoms. The smallest absolute Gasteiger partial charge is 0.344 e. The predicted octanol–water partition coefficient (Wildman–Crippen LogP) is 3.76. The molecule has 2 rings (SSSR count). The maximum Gasteiger partial charge on any atom is 0.344 e. The Morgan fingerprint density at radius 3 is 2.29 bits per heavy atom. The highest BCUT2D eigenvalue weighted by Crippen LogP contribution is 2.24. The predicted molar refractivity (Wildman–Crippen MR) is 107 cm³/mol. The third-order valence-electron chi connectivity index (χ3n) is 4.15. The highest BCUT2D eigenvalue weighted by molar-refractivity contribution is 5.98. The van der Waals surface area contributed by atoms with Gasteiger partial charge in [-0.1, -0.05) is 29.8 Å². The van der Waals surface area contributed by atoms with Crippen molar-refractivity contribution in [2.75, 3.05) is 11.9 Å². The molecule has 1 amide bonds. The van der Waals surface area contributed by atoms with Crippen molar-refractivity contribution in [2.24, 2.45) is 0 Å². The highest BCUT2D eigenvalue weighted by Gasteiger charge is 2.19. The topological polar surface area (TPSA) is 81.7 Å². The number of anilines is 1. The zero-order valence-corrected chi connectivity index (χ0v) is 16.8. The maximum atomic E-state index is 12.2. The van der Waals surface area contributed by atoms with Gasteiger partial charge < -0.3 is 14.8 Å². The van der Waals surface area contributed by atoms with Crippen LogP contribution in [0.5, 0.6) is 5.75 Å². The van der Waals surface area contributed by atoms with Crippen LogP contribution < -0.4 is 10.1 Å². The van der Waals surface area contributed by atoms with Gasteiger partial charge in [0.25, 0.3) is 5.91 Å². The van der Waals surface area contributed by atoms with Crippen LogP contribution in [0.4, 0.5) is 5.69 Å². The van der Waals surface area contributed by atoms with Crippen molar-refractivity contribution >= 4 is 23.3 Å². The number of ether oxygens (including phenoxy) is 2. The Bertz CT molecular complexity index is 881. The number of nitrogens with one attached hydrogen (secondary N) is 1. The molecule has 0 saturated heterocycles. The number of ketones is 1. The van der Waals surface area contributed by atoms with E-state index in [2.05, 4.69) is 5.32 Å². The first-order valence-corrected chi connectivity index (χ1v) is 8.99. The van der Waals surface area contributed by atoms with Crippen molar-refractivity contribution < 1.29 is 23.9 Å². The summed E-state index contributed by atoms with van der Waals surface area (Å²) < 4.78 is 10.7. The van der Waals surface area contributed by atoms with E-state index in [0.29, 0.717) is 17.0 Å². The first kappa shape index (κ1) is 21.2. The van der Waals surface area contributed by atoms with Gasteiger partial charge in [0.15, 0.2) is 18.5 Å². The molecule has 6 heteroatoms. The summed E-state index contributed by atoms with van der Waals surface area (Å²) in [5, 5.41) is 2.63. The minimum absolute atomic E-state index is 0.102. The second kappa shape index (κ2) is 9.17. The number of benzene rings is 2. The fourth-order valence-corrected chi connectivity index (χ4v) is 2.87. The van der Waals surface area contributed by atoms with Crippen molar-refractivity contribution in [1.82, 2.24) is 0 Å². The van der Waals surface area contributed by atoms with Gasteiger partial charge in [-0.15, -0.1) is 0 Å². The molecule has 0 unspecified atom stereocenters. The molecule has 0 radical (unpaired) electrons. The number of aryl methyl sites for hydroxylation is 3. The highest BCUT2D eigenvalue weighted by atomic mass is 16.6. The molecule has 2 aromatic rings. The first-order chi connectivity index (χ1) is 13.2. The fourth-order valence-electron chi connectivity index (χ4n) is 2.87. The molecule has 1 N–H and O–H groups in total. The zero-order chi connectivity index (χ0) is 20.8. The van der Waals surface area contributed by atoms with Gasteiger partial charge in [0.2, 0.25) is 0 Å². The molecule has 28 heavy (non-hydrogen) atoms. The Kier molecular flexibility index (Phi) is 6.93. The molecular weight excluding hydrogens is 358 g/mol. The lowest BCUT2D eigenvalue weighted by Gasteiger charge is -2.16. The summed E-state index contributed by atoms with van der Waals surface area (Å²) in [6, 6.07) is 10.5. The van der Waals surface area contributed by atoms with Crippen LogP contribution in [0.1, 0.15) is 40.9 Å². The number of Topliss-reactive ketones (excluding diaryl/α,β-unsaturated/α-hetero) is 1. The quantitative estimate of drug-likeness (QED) is 0.581. The first-order valence-electron chi connectivity index (χ1n) is 8.99. The normalized spacial score (nSPS) is 11.5. The lowest BCUT2D eigenvalue weighted by Crippen LogP contribution is -2.31. The van der Waals surface area contributed by atoms with Gasteiger partial charge in [0.05, 0.1) is 0 Å². The molecular formula is C22H25NO5. The summed E-state index contributed by atoms with van der Waals surface area (Å²) in [5.41, 5.74) is 3.93. The van der Waals surface area contributed by atoms with E-state index in [1.807, 2.05) is 32.9 Å². The monoisotopic (exact) mass is 383 g/mol. The molecule has 2 aromatic carbocycles. The van der Waals surface area contributed by atoms with E-state index in [1.54, 1.807) is 24.3 Å². The van der Waals surface area contributed by atoms with Gasteiger partial charge >= 0.3 is 5.97 Å². The Morgan fingerprint density at radius 2 is 1.68 bits per heavy atom. The maximum absolute atomic E-state index is 12.2. The van der Waals surface area contributed by atoms with E-state index < -0.39 is 18.0 Å². The lowest BCUT2D eigenvalue weighted by molar-refractivity contribution is -0.155. The Labute approximate surface area is 164 Å². The van der Waals surface area contributed by atoms with Crippen molar-refractivity contribution in [3.8, 4) is 5.75 Å². The van der Waals surface area contributed by atoms with E-state index in [1.165, 1.54) is 13.8 Å². The van der Waals surface area contributed by atoms with Crippen molar-refractivity contribution in [2.45, 2.75) is 40.7 Å². The van der Waals surface area contributed by atoms with Crippen molar-refractivity contribution in [1.29, 1.82) is 0 Å². The summed E-state index contributed by atoms with van der Waals surface area (Å²) in [5.74, 6) is -0.591. The summed E-state index contributed by atoms with van der Waals surface area (Å²) in [6.45, 7) is 8.44. The molecule has 0 fully saturated rings. The van der Waals surface area contributed by atoms with Crippen LogP contribution >= 0.6 is 0 Å². The summed E-state index contributed by atoms with van der Waals surface area (Å²) >= 11 is 0. The van der Waals surface area contributed by atoms with Gasteiger partial charge in [-0.2, -0.15) is 0 Å². The van der Waals surface area contributed by atoms with Gasteiger partial charge in [0, 0.05) is 11.3 Å². The molecule has 0 saturated carbocycles. The van der Waals surface area contributed by atoms with Gasteiger partial charge in [-0.25, -0.2) is 4.79 Å². The molecule has 0 heterocycles. The van der Waals surface area contributed by atoms with Crippen molar-refractivity contribution in [3.05, 3.63) is 58.7 Å². The summed E-state index contributed by atoms with van der Waals surface area (Å²) in [4.78, 5) is 35.7. The number of carbonyl (C=O) groups is 3. The lowest BCUT2D eigenvalue weighted by atomic mass is 10.1. The number of rotatable bonds is 7. The fraction of sp³-hybridized carbons (Fsp3) is 0.318. The Balaban J connectivity index is 1.90. The summed E-state index contributed by atoms with van der Waals surface area (Å²) in [7, 11) is 0. The average Bonchev–Trinajstić information content (AvgIpc) is 2.60. The number of esters is 1. The van der Waals surface area contributed by atoms with Crippen LogP contribution in [0.15, 0.2) is 36.4 Å². The number of hydrogen-bond acceptors (Lipinski definition) is 5. The SMILES string of the molecule is CC(=O)c1cccc(NC(=O)[C@@H](C)OC(=O)COc2c(C)cc(C)cc2C)c1. The van der Waals surface area contributed by atoms with Crippen LogP contribution in [0.3, 0.4) is 0 Å². The van der Waals surface area contributed by atoms with E-state index in [9.17, 15) is 14.4 Å². The minimum Gasteiger partial charge on any atom is -0.481 e. The van der Waals surface area contributed by atoms with Crippen LogP contribution in [-0.4, -0.2) is 30.4 Å². The zero-order valence-electron chi connectivity index (χ0n) is 16.8. The second-order valence-corrected chi connectivity index (χ2v) is 6.77. The van der Waals surface area contributed by atoms with Crippen LogP contribution in [-0.2, 0) is 14.3 Å². The molecule has 148 valence electrons. The van der Waals surface area contributed by atoms with E-state index in [4.69, 9.17) is 9.47 Å². The third-order valence-corrected chi connectivity index (χ3v) is 4.15. The minimum atomic E-state index is -1.00. The van der Waals surface area contributed by atoms with Gasteiger partial charge in [-0.3, -0.25) is 9.59 Å². The van der Waals surface area contributed by atoms with E-state index in [-0.39, 0.29) is 12.4 Å². The number of carbonyl (C=O) groups excluding carboxylic acids is 3. The molecule has 0 aliphatic carbocycles. The average molecular weight is 383 g/mol. The summed E-state index contributed by atoms with van der Waals surface area (Å²) in [6.07, 6.45) is -1.00. The Morgan fingerprint density at radius 1 is 1.04 bits per heavy atom. The standard InChI is InChI=1S/C22H25NO5/c1-13-9-14(2)21(15(3)10-13)27-12-20(25)28-17(5)22(26)23-19-8-6-7-18(11-19)16(4)24/h6-11,17H,12H2,1-5H3,(H,23,26)/t17-/m1/s1. The molecule has 1 atom stereocenters. The molecule has 0 aliphatic rings. The van der Waals surface area contributed by atoms with Crippen LogP contribution in [0.2, 0.25) is 0 Å². The van der Waals surface area contributed by atoms with Crippen LogP contribution in [0.25, 0.3) is 0 Å². The molecule has 0 aromatic heterocycles. The van der Waals surface area contributed by atoms with E-state index >= 15 is 0 Å². The van der Waals surface area contributed by atoms with Crippen molar-refractivity contribution in [3.63, 3.8) is 0 Å². The van der Waals surface area contributed by atoms with Gasteiger partial charge in [-0.05, 0) is 57.9 Å². The second-order valence-electron chi connectivity index (χ2n) is 6.77. The number of hydrogen-bond donors (Lipinski definition) is 1. The molecule has 0 bridgehead atoms. The number of amides is 1. The third kappa shape index (κ3) is 5.67. The Hall–Kier alpha value is -3.15. The van der Waals surface area contributed by atoms with E-state index in [0.717, 1.165) is 16.7 Å². The largest absolute Gasteiger partial charge is 0.481 e.